The summed E-state index contributed by atoms with van der Waals surface area (Å²) in [4.78, 5) is 11.5. The highest BCUT2D eigenvalue weighted by molar-refractivity contribution is 5.84. The highest BCUT2D eigenvalue weighted by Crippen LogP contribution is 2.17. The topological polar surface area (TPSA) is 59.0 Å². The summed E-state index contributed by atoms with van der Waals surface area (Å²) >= 11 is 0. The largest absolute Gasteiger partial charge is 0.353 e. The molecule has 2 heterocycles. The second-order valence-corrected chi connectivity index (χ2v) is 3.52. The summed E-state index contributed by atoms with van der Waals surface area (Å²) in [7, 11) is 1.86. The molecule has 1 atom stereocenters. The van der Waals surface area contributed by atoms with E-state index < -0.39 is 0 Å². The molecule has 0 aliphatic carbocycles. The van der Waals surface area contributed by atoms with Crippen LogP contribution in [0.1, 0.15) is 17.3 Å². The van der Waals surface area contributed by atoms with Crippen LogP contribution in [0.25, 0.3) is 0 Å². The van der Waals surface area contributed by atoms with E-state index in [0.29, 0.717) is 6.54 Å². The lowest BCUT2D eigenvalue weighted by molar-refractivity contribution is -0.124. The Bertz CT molecular complexity index is 358. The smallest absolute Gasteiger partial charge is 0.241 e. The lowest BCUT2D eigenvalue weighted by Crippen LogP contribution is -2.47. The van der Waals surface area contributed by atoms with Crippen LogP contribution in [0.2, 0.25) is 0 Å². The molecule has 1 saturated heterocycles. The number of carbonyl (C=O) groups is 1. The van der Waals surface area contributed by atoms with Crippen molar-refractivity contribution >= 4 is 5.91 Å². The molecule has 1 aromatic rings. The summed E-state index contributed by atoms with van der Waals surface area (Å²) in [5.41, 5.74) is 1.87. The minimum Gasteiger partial charge on any atom is -0.353 e. The lowest BCUT2D eigenvalue weighted by Gasteiger charge is -2.22. The van der Waals surface area contributed by atoms with Gasteiger partial charge in [0.15, 0.2) is 0 Å². The molecule has 14 heavy (non-hydrogen) atoms. The second-order valence-electron chi connectivity index (χ2n) is 3.52. The quantitative estimate of drug-likeness (QED) is 0.633. The highest BCUT2D eigenvalue weighted by Gasteiger charge is 2.25. The fraction of sp³-hybridized carbons (Fsp3) is 0.556. The van der Waals surface area contributed by atoms with Gasteiger partial charge in [-0.3, -0.25) is 9.48 Å². The predicted molar refractivity (Wildman–Crippen MR) is 51.7 cm³/mol. The minimum atomic E-state index is -0.238. The van der Waals surface area contributed by atoms with Crippen molar-refractivity contribution in [2.24, 2.45) is 7.05 Å². The molecule has 76 valence electrons. The lowest BCUT2D eigenvalue weighted by atomic mass is 10.1. The number of nitrogens with one attached hydrogen (secondary N) is 2. The molecule has 0 aromatic carbocycles. The van der Waals surface area contributed by atoms with Crippen LogP contribution in [-0.2, 0) is 11.8 Å². The summed E-state index contributed by atoms with van der Waals surface area (Å²) in [6.45, 7) is 3.43. The number of carbonyl (C=O) groups excluding carboxylic acids is 1. The molecule has 2 N–H and O–H groups in total. The molecule has 1 fully saturated rings. The van der Waals surface area contributed by atoms with E-state index in [2.05, 4.69) is 15.7 Å². The van der Waals surface area contributed by atoms with Crippen molar-refractivity contribution < 1.29 is 4.79 Å². The molecule has 0 spiro atoms. The monoisotopic (exact) mass is 194 g/mol. The minimum absolute atomic E-state index is 0.0346. The SMILES string of the molecule is Cc1nn(C)cc1C1NCCNC1=O. The average molecular weight is 194 g/mol. The van der Waals surface area contributed by atoms with Gasteiger partial charge in [0, 0.05) is 31.9 Å². The Balaban J connectivity index is 2.28. The zero-order valence-electron chi connectivity index (χ0n) is 8.37. The van der Waals surface area contributed by atoms with Gasteiger partial charge < -0.3 is 10.6 Å². The van der Waals surface area contributed by atoms with E-state index in [4.69, 9.17) is 0 Å². The van der Waals surface area contributed by atoms with E-state index in [1.807, 2.05) is 20.2 Å². The summed E-state index contributed by atoms with van der Waals surface area (Å²) in [6.07, 6.45) is 1.89. The van der Waals surface area contributed by atoms with Crippen molar-refractivity contribution in [3.8, 4) is 0 Å². The second kappa shape index (κ2) is 3.42. The molecule has 5 heteroatoms. The van der Waals surface area contributed by atoms with Gasteiger partial charge in [0.1, 0.15) is 6.04 Å². The first-order valence-corrected chi connectivity index (χ1v) is 4.69. The zero-order valence-corrected chi connectivity index (χ0v) is 8.37. The van der Waals surface area contributed by atoms with E-state index in [-0.39, 0.29) is 11.9 Å². The van der Waals surface area contributed by atoms with Gasteiger partial charge >= 0.3 is 0 Å². The van der Waals surface area contributed by atoms with Gasteiger partial charge in [0.25, 0.3) is 0 Å². The molecule has 1 amide bonds. The number of nitrogens with zero attached hydrogens (tertiary/aromatic N) is 2. The predicted octanol–water partition coefficient (Wildman–Crippen LogP) is -0.511. The number of piperazine rings is 1. The van der Waals surface area contributed by atoms with E-state index >= 15 is 0 Å². The number of hydrogen-bond acceptors (Lipinski definition) is 3. The molecule has 2 rings (SSSR count). The molecule has 1 aliphatic rings. The van der Waals surface area contributed by atoms with Crippen molar-refractivity contribution in [3.63, 3.8) is 0 Å². The molecular weight excluding hydrogens is 180 g/mol. The number of hydrogen-bond donors (Lipinski definition) is 2. The van der Waals surface area contributed by atoms with E-state index in [1.165, 1.54) is 0 Å². The van der Waals surface area contributed by atoms with E-state index in [9.17, 15) is 4.79 Å². The fourth-order valence-corrected chi connectivity index (χ4v) is 1.75. The highest BCUT2D eigenvalue weighted by atomic mass is 16.2. The van der Waals surface area contributed by atoms with Crippen LogP contribution >= 0.6 is 0 Å². The van der Waals surface area contributed by atoms with Crippen LogP contribution in [0, 0.1) is 6.92 Å². The first-order chi connectivity index (χ1) is 6.68. The fourth-order valence-electron chi connectivity index (χ4n) is 1.75. The Morgan fingerprint density at radius 3 is 2.93 bits per heavy atom. The zero-order chi connectivity index (χ0) is 10.1. The van der Waals surface area contributed by atoms with Gasteiger partial charge in [-0.15, -0.1) is 0 Å². The third kappa shape index (κ3) is 1.50. The maximum Gasteiger partial charge on any atom is 0.241 e. The first kappa shape index (κ1) is 9.21. The van der Waals surface area contributed by atoms with Gasteiger partial charge in [0.05, 0.1) is 5.69 Å². The number of rotatable bonds is 1. The Kier molecular flexibility index (Phi) is 2.25. The van der Waals surface area contributed by atoms with Crippen molar-refractivity contribution in [1.82, 2.24) is 20.4 Å². The first-order valence-electron chi connectivity index (χ1n) is 4.69. The molecule has 1 aromatic heterocycles. The molecule has 1 aliphatic heterocycles. The Hall–Kier alpha value is -1.36. The normalized spacial score (nSPS) is 22.1. The van der Waals surface area contributed by atoms with Crippen LogP contribution in [0.15, 0.2) is 6.20 Å². The molecular formula is C9H14N4O. The van der Waals surface area contributed by atoms with Crippen molar-refractivity contribution in [2.45, 2.75) is 13.0 Å². The number of aromatic nitrogens is 2. The number of amides is 1. The molecule has 5 nitrogen and oxygen atoms in total. The van der Waals surface area contributed by atoms with Crippen LogP contribution < -0.4 is 10.6 Å². The van der Waals surface area contributed by atoms with Gasteiger partial charge in [-0.2, -0.15) is 5.10 Å². The van der Waals surface area contributed by atoms with E-state index in [1.54, 1.807) is 4.68 Å². The Morgan fingerprint density at radius 2 is 2.36 bits per heavy atom. The molecule has 0 saturated carbocycles. The maximum atomic E-state index is 11.5. The average Bonchev–Trinajstić information content (AvgIpc) is 2.46. The third-order valence-electron chi connectivity index (χ3n) is 2.40. The summed E-state index contributed by atoms with van der Waals surface area (Å²) in [5.74, 6) is 0.0346. The van der Waals surface area contributed by atoms with Gasteiger partial charge in [-0.05, 0) is 6.92 Å². The van der Waals surface area contributed by atoms with Crippen LogP contribution in [0.3, 0.4) is 0 Å². The van der Waals surface area contributed by atoms with Crippen LogP contribution in [0.4, 0.5) is 0 Å². The number of aryl methyl sites for hydroxylation is 2. The summed E-state index contributed by atoms with van der Waals surface area (Å²) in [5, 5.41) is 10.2. The van der Waals surface area contributed by atoms with Crippen LogP contribution in [-0.4, -0.2) is 28.8 Å². The van der Waals surface area contributed by atoms with Gasteiger partial charge in [-0.25, -0.2) is 0 Å². The van der Waals surface area contributed by atoms with Gasteiger partial charge in [0.2, 0.25) is 5.91 Å². The van der Waals surface area contributed by atoms with Crippen molar-refractivity contribution in [2.75, 3.05) is 13.1 Å². The molecule has 0 radical (unpaired) electrons. The summed E-state index contributed by atoms with van der Waals surface area (Å²) in [6, 6.07) is -0.238. The van der Waals surface area contributed by atoms with Crippen molar-refractivity contribution in [1.29, 1.82) is 0 Å². The van der Waals surface area contributed by atoms with Gasteiger partial charge in [-0.1, -0.05) is 0 Å². The Labute approximate surface area is 82.5 Å². The standard InChI is InChI=1S/C9H14N4O/c1-6-7(5-13(2)12-6)8-9(14)11-4-3-10-8/h5,8,10H,3-4H2,1-2H3,(H,11,14). The Morgan fingerprint density at radius 1 is 1.57 bits per heavy atom. The molecule has 0 bridgehead atoms. The maximum absolute atomic E-state index is 11.5. The van der Waals surface area contributed by atoms with E-state index in [0.717, 1.165) is 17.8 Å². The van der Waals surface area contributed by atoms with Crippen molar-refractivity contribution in [3.05, 3.63) is 17.5 Å². The summed E-state index contributed by atoms with van der Waals surface area (Å²) < 4.78 is 1.73. The third-order valence-corrected chi connectivity index (χ3v) is 2.40. The molecule has 1 unspecified atom stereocenters. The van der Waals surface area contributed by atoms with Crippen LogP contribution in [0.5, 0.6) is 0 Å².